The van der Waals surface area contributed by atoms with Gasteiger partial charge in [-0.3, -0.25) is 0 Å². The van der Waals surface area contributed by atoms with Crippen molar-refractivity contribution >= 4 is 33.1 Å². The van der Waals surface area contributed by atoms with Crippen molar-refractivity contribution in [3.8, 4) is 0 Å². The van der Waals surface area contributed by atoms with Gasteiger partial charge in [-0.1, -0.05) is 37.3 Å². The molecule has 2 nitrogen and oxygen atoms in total. The van der Waals surface area contributed by atoms with Gasteiger partial charge in [0.05, 0.1) is 0 Å². The minimum absolute atomic E-state index is 0.893. The summed E-state index contributed by atoms with van der Waals surface area (Å²) in [5, 5.41) is 8.44. The van der Waals surface area contributed by atoms with Crippen LogP contribution in [0, 0.1) is 0 Å². The minimum atomic E-state index is 0.893. The van der Waals surface area contributed by atoms with Crippen LogP contribution >= 0.6 is 0 Å². The average Bonchev–Trinajstić information content (AvgIpc) is 2.60. The lowest BCUT2D eigenvalue weighted by Gasteiger charge is -2.09. The second-order valence-electron chi connectivity index (χ2n) is 5.79. The van der Waals surface area contributed by atoms with E-state index in [1.165, 1.54) is 27.1 Å². The zero-order chi connectivity index (χ0) is 15.6. The van der Waals surface area contributed by atoms with Crippen molar-refractivity contribution in [3.05, 3.63) is 78.5 Å². The van der Waals surface area contributed by atoms with Crippen LogP contribution in [0.4, 0.5) is 11.5 Å². The Balaban J connectivity index is 1.74. The van der Waals surface area contributed by atoms with E-state index in [0.29, 0.717) is 0 Å². The van der Waals surface area contributed by atoms with Crippen LogP contribution in [0.2, 0.25) is 0 Å². The molecule has 0 amide bonds. The molecule has 0 saturated carbocycles. The summed E-state index contributed by atoms with van der Waals surface area (Å²) in [4.78, 5) is 4.40. The maximum Gasteiger partial charge on any atom is 0.130 e. The molecule has 3 aromatic carbocycles. The predicted molar refractivity (Wildman–Crippen MR) is 98.4 cm³/mol. The Morgan fingerprint density at radius 2 is 1.52 bits per heavy atom. The molecule has 23 heavy (non-hydrogen) atoms. The molecule has 0 fully saturated rings. The number of hydrogen-bond donors (Lipinski definition) is 1. The largest absolute Gasteiger partial charge is 0.340 e. The number of fused-ring (bicyclic) bond motifs is 2. The topological polar surface area (TPSA) is 24.9 Å². The number of rotatable bonds is 3. The Morgan fingerprint density at radius 1 is 0.783 bits per heavy atom. The van der Waals surface area contributed by atoms with E-state index in [2.05, 4.69) is 84.0 Å². The fraction of sp³-hybridized carbons (Fsp3) is 0.0952. The van der Waals surface area contributed by atoms with Gasteiger partial charge in [0.25, 0.3) is 0 Å². The van der Waals surface area contributed by atoms with E-state index < -0.39 is 0 Å². The van der Waals surface area contributed by atoms with Gasteiger partial charge in [-0.25, -0.2) is 4.98 Å². The first-order valence-corrected chi connectivity index (χ1v) is 7.96. The molecule has 0 unspecified atom stereocenters. The first-order chi connectivity index (χ1) is 11.3. The highest BCUT2D eigenvalue weighted by Gasteiger charge is 2.01. The van der Waals surface area contributed by atoms with E-state index in [1.54, 1.807) is 0 Å². The highest BCUT2D eigenvalue weighted by Crippen LogP contribution is 2.26. The molecule has 1 heterocycles. The third-order valence-corrected chi connectivity index (χ3v) is 4.21. The summed E-state index contributed by atoms with van der Waals surface area (Å²) >= 11 is 0. The van der Waals surface area contributed by atoms with Crippen LogP contribution in [0.1, 0.15) is 12.5 Å². The summed E-state index contributed by atoms with van der Waals surface area (Å²) in [5.41, 5.74) is 2.35. The van der Waals surface area contributed by atoms with Gasteiger partial charge < -0.3 is 5.32 Å². The lowest BCUT2D eigenvalue weighted by Crippen LogP contribution is -1.94. The Kier molecular flexibility index (Phi) is 3.43. The van der Waals surface area contributed by atoms with E-state index >= 15 is 0 Å². The number of nitrogens with zero attached hydrogens (tertiary/aromatic N) is 1. The van der Waals surface area contributed by atoms with Gasteiger partial charge in [0.1, 0.15) is 5.82 Å². The third-order valence-electron chi connectivity index (χ3n) is 4.21. The van der Waals surface area contributed by atoms with Crippen molar-refractivity contribution in [1.82, 2.24) is 4.98 Å². The van der Waals surface area contributed by atoms with Gasteiger partial charge >= 0.3 is 0 Å². The molecule has 0 spiro atoms. The maximum absolute atomic E-state index is 4.40. The van der Waals surface area contributed by atoms with E-state index in [9.17, 15) is 0 Å². The molecule has 4 rings (SSSR count). The van der Waals surface area contributed by atoms with Crippen molar-refractivity contribution < 1.29 is 0 Å². The molecule has 1 N–H and O–H groups in total. The Labute approximate surface area is 135 Å². The van der Waals surface area contributed by atoms with E-state index in [4.69, 9.17) is 0 Å². The first kappa shape index (κ1) is 13.8. The standard InChI is InChI=1S/C21H18N2/c1-2-15-9-10-22-21(11-15)23-20-8-7-18-12-16-5-3-4-6-17(16)13-19(18)14-20/h3-14H,2H2,1H3,(H,22,23). The van der Waals surface area contributed by atoms with E-state index in [-0.39, 0.29) is 0 Å². The fourth-order valence-electron chi connectivity index (χ4n) is 2.93. The summed E-state index contributed by atoms with van der Waals surface area (Å²) in [6.45, 7) is 2.15. The van der Waals surface area contributed by atoms with Crippen molar-refractivity contribution in [2.75, 3.05) is 5.32 Å². The quantitative estimate of drug-likeness (QED) is 0.491. The molecule has 2 heteroatoms. The van der Waals surface area contributed by atoms with Gasteiger partial charge in [-0.05, 0) is 69.9 Å². The zero-order valence-corrected chi connectivity index (χ0v) is 13.1. The van der Waals surface area contributed by atoms with Crippen LogP contribution in [-0.4, -0.2) is 4.98 Å². The molecule has 0 atom stereocenters. The minimum Gasteiger partial charge on any atom is -0.340 e. The zero-order valence-electron chi connectivity index (χ0n) is 13.1. The summed E-state index contributed by atoms with van der Waals surface area (Å²) in [6.07, 6.45) is 2.87. The van der Waals surface area contributed by atoms with Crippen LogP contribution < -0.4 is 5.32 Å². The van der Waals surface area contributed by atoms with Crippen LogP contribution in [0.3, 0.4) is 0 Å². The number of hydrogen-bond acceptors (Lipinski definition) is 2. The van der Waals surface area contributed by atoms with Crippen LogP contribution in [0.15, 0.2) is 72.9 Å². The Bertz CT molecular complexity index is 989. The van der Waals surface area contributed by atoms with Crippen molar-refractivity contribution in [1.29, 1.82) is 0 Å². The Hall–Kier alpha value is -2.87. The maximum atomic E-state index is 4.40. The van der Waals surface area contributed by atoms with E-state index in [1.807, 2.05) is 6.20 Å². The molecule has 0 saturated heterocycles. The molecule has 0 aliphatic carbocycles. The van der Waals surface area contributed by atoms with Crippen LogP contribution in [-0.2, 0) is 6.42 Å². The van der Waals surface area contributed by atoms with Gasteiger partial charge in [-0.15, -0.1) is 0 Å². The number of nitrogens with one attached hydrogen (secondary N) is 1. The number of aryl methyl sites for hydroxylation is 1. The lowest BCUT2D eigenvalue weighted by molar-refractivity contribution is 1.12. The number of benzene rings is 3. The molecule has 1 aromatic heterocycles. The number of aromatic nitrogens is 1. The second-order valence-corrected chi connectivity index (χ2v) is 5.79. The smallest absolute Gasteiger partial charge is 0.130 e. The number of pyridine rings is 1. The monoisotopic (exact) mass is 298 g/mol. The average molecular weight is 298 g/mol. The summed E-state index contributed by atoms with van der Waals surface area (Å²) < 4.78 is 0. The lowest BCUT2D eigenvalue weighted by atomic mass is 10.0. The predicted octanol–water partition coefficient (Wildman–Crippen LogP) is 5.69. The summed E-state index contributed by atoms with van der Waals surface area (Å²) in [5.74, 6) is 0.893. The van der Waals surface area contributed by atoms with Crippen molar-refractivity contribution in [2.45, 2.75) is 13.3 Å². The van der Waals surface area contributed by atoms with Crippen LogP contribution in [0.5, 0.6) is 0 Å². The van der Waals surface area contributed by atoms with Gasteiger partial charge in [0.15, 0.2) is 0 Å². The molecule has 4 aromatic rings. The Morgan fingerprint density at radius 3 is 2.30 bits per heavy atom. The molecule has 0 bridgehead atoms. The van der Waals surface area contributed by atoms with Crippen molar-refractivity contribution in [2.24, 2.45) is 0 Å². The van der Waals surface area contributed by atoms with E-state index in [0.717, 1.165) is 17.9 Å². The molecule has 112 valence electrons. The van der Waals surface area contributed by atoms with Gasteiger partial charge in [0, 0.05) is 11.9 Å². The molecule has 0 aliphatic heterocycles. The fourth-order valence-corrected chi connectivity index (χ4v) is 2.93. The SMILES string of the molecule is CCc1ccnc(Nc2ccc3cc4ccccc4cc3c2)c1. The molecular weight excluding hydrogens is 280 g/mol. The van der Waals surface area contributed by atoms with Crippen molar-refractivity contribution in [3.63, 3.8) is 0 Å². The highest BCUT2D eigenvalue weighted by atomic mass is 15.0. The van der Waals surface area contributed by atoms with Crippen LogP contribution in [0.25, 0.3) is 21.5 Å². The van der Waals surface area contributed by atoms with Gasteiger partial charge in [0.2, 0.25) is 0 Å². The highest BCUT2D eigenvalue weighted by molar-refractivity contribution is 5.99. The molecule has 0 radical (unpaired) electrons. The molecule has 0 aliphatic rings. The normalized spacial score (nSPS) is 11.0. The number of anilines is 2. The van der Waals surface area contributed by atoms with Gasteiger partial charge in [-0.2, -0.15) is 0 Å². The molecular formula is C21H18N2. The first-order valence-electron chi connectivity index (χ1n) is 7.96. The third kappa shape index (κ3) is 2.76. The summed E-state index contributed by atoms with van der Waals surface area (Å²) in [6, 6.07) is 23.6. The summed E-state index contributed by atoms with van der Waals surface area (Å²) in [7, 11) is 0. The second kappa shape index (κ2) is 5.73.